The largest absolute Gasteiger partial charge is 0.384 e. The molecule has 0 unspecified atom stereocenters. The van der Waals surface area contributed by atoms with E-state index in [1.54, 1.807) is 12.1 Å². The first kappa shape index (κ1) is 24.7. The highest BCUT2D eigenvalue weighted by Gasteiger charge is 2.11. The molecular weight excluding hydrogens is 520 g/mol. The van der Waals surface area contributed by atoms with Crippen molar-refractivity contribution >= 4 is 43.5 Å². The van der Waals surface area contributed by atoms with E-state index in [4.69, 9.17) is 16.5 Å². The molecule has 0 radical (unpaired) electrons. The van der Waals surface area contributed by atoms with Crippen LogP contribution in [-0.4, -0.2) is 19.1 Å². The van der Waals surface area contributed by atoms with E-state index in [9.17, 15) is 0 Å². The number of pyridine rings is 2. The van der Waals surface area contributed by atoms with Crippen molar-refractivity contribution in [1.29, 1.82) is 0 Å². The summed E-state index contributed by atoms with van der Waals surface area (Å²) in [7, 11) is 0. The summed E-state index contributed by atoms with van der Waals surface area (Å²) < 4.78 is 6.22. The number of hydrogen-bond donors (Lipinski definition) is 2. The van der Waals surface area contributed by atoms with Crippen LogP contribution in [0.3, 0.4) is 0 Å². The molecule has 4 rings (SSSR count). The maximum Gasteiger partial charge on any atom is 0.140 e. The first-order chi connectivity index (χ1) is 14.2. The van der Waals surface area contributed by atoms with E-state index in [-0.39, 0.29) is 7.43 Å². The van der Waals surface area contributed by atoms with Gasteiger partial charge in [-0.25, -0.2) is 9.97 Å². The lowest BCUT2D eigenvalue weighted by atomic mass is 10.4. The molecule has 4 aromatic rings. The monoisotopic (exact) mass is 546 g/mol. The average molecular weight is 548 g/mol. The summed E-state index contributed by atoms with van der Waals surface area (Å²) in [5, 5.41) is 0. The molecule has 0 aliphatic rings. The Balaban J connectivity index is 0.000000289. The normalized spacial score (nSPS) is 10.3. The first-order valence-corrected chi connectivity index (χ1v) is 10.9. The summed E-state index contributed by atoms with van der Waals surface area (Å²) in [6, 6.07) is 15.9. The minimum atomic E-state index is 0. The van der Waals surface area contributed by atoms with E-state index in [0.717, 1.165) is 20.6 Å². The second kappa shape index (κ2) is 10.2. The summed E-state index contributed by atoms with van der Waals surface area (Å²) in [5.41, 5.74) is 15.4. The van der Waals surface area contributed by atoms with Crippen molar-refractivity contribution in [3.8, 4) is 11.6 Å². The van der Waals surface area contributed by atoms with E-state index < -0.39 is 0 Å². The molecule has 0 saturated carbocycles. The highest BCUT2D eigenvalue weighted by Crippen LogP contribution is 2.23. The molecule has 31 heavy (non-hydrogen) atoms. The molecule has 0 spiro atoms. The Morgan fingerprint density at radius 1 is 0.613 bits per heavy atom. The summed E-state index contributed by atoms with van der Waals surface area (Å²) in [6.45, 7) is 8.39. The highest BCUT2D eigenvalue weighted by atomic mass is 79.9. The van der Waals surface area contributed by atoms with Crippen LogP contribution in [-0.2, 0) is 0 Å². The zero-order chi connectivity index (χ0) is 22.0. The van der Waals surface area contributed by atoms with Gasteiger partial charge in [0.25, 0.3) is 0 Å². The van der Waals surface area contributed by atoms with Crippen LogP contribution < -0.4 is 11.5 Å². The zero-order valence-electron chi connectivity index (χ0n) is 17.3. The molecule has 4 N–H and O–H groups in total. The Hall–Kier alpha value is -2.58. The molecule has 164 valence electrons. The zero-order valence-corrected chi connectivity index (χ0v) is 20.5. The Morgan fingerprint density at radius 2 is 0.935 bits per heavy atom. The maximum absolute atomic E-state index is 5.34. The van der Waals surface area contributed by atoms with E-state index in [2.05, 4.69) is 110 Å². The van der Waals surface area contributed by atoms with Crippen LogP contribution in [0.2, 0.25) is 0 Å². The predicted octanol–water partition coefficient (Wildman–Crippen LogP) is 6.30. The first-order valence-electron chi connectivity index (χ1n) is 9.32. The van der Waals surface area contributed by atoms with E-state index in [1.165, 1.54) is 22.8 Å². The third kappa shape index (κ3) is 5.77. The predicted molar refractivity (Wildman–Crippen MR) is 137 cm³/mol. The SMILES string of the molecule is C.Cc1ccc(C)n1-c1cc(Br)cc(-n2c(C)ccc2C)n1.Nc1cc(Br)cc(N)n1. The van der Waals surface area contributed by atoms with Crippen LogP contribution in [0.5, 0.6) is 0 Å². The molecule has 0 aliphatic carbocycles. The van der Waals surface area contributed by atoms with Crippen molar-refractivity contribution in [3.05, 3.63) is 80.3 Å². The van der Waals surface area contributed by atoms with Crippen LogP contribution in [0.15, 0.2) is 57.5 Å². The number of aryl methyl sites for hydroxylation is 4. The average Bonchev–Trinajstić information content (AvgIpc) is 3.14. The number of anilines is 2. The Labute approximate surface area is 200 Å². The van der Waals surface area contributed by atoms with Gasteiger partial charge in [-0.3, -0.25) is 0 Å². The van der Waals surface area contributed by atoms with Gasteiger partial charge in [0.15, 0.2) is 0 Å². The summed E-state index contributed by atoms with van der Waals surface area (Å²) in [6.07, 6.45) is 0. The van der Waals surface area contributed by atoms with Gasteiger partial charge in [0, 0.05) is 31.7 Å². The minimum Gasteiger partial charge on any atom is -0.384 e. The van der Waals surface area contributed by atoms with Crippen LogP contribution in [0.1, 0.15) is 30.2 Å². The Morgan fingerprint density at radius 3 is 1.26 bits per heavy atom. The topological polar surface area (TPSA) is 87.7 Å². The highest BCUT2D eigenvalue weighted by molar-refractivity contribution is 9.10. The van der Waals surface area contributed by atoms with Crippen molar-refractivity contribution in [2.75, 3.05) is 11.5 Å². The van der Waals surface area contributed by atoms with E-state index in [0.29, 0.717) is 11.6 Å². The van der Waals surface area contributed by atoms with Gasteiger partial charge in [0.05, 0.1) is 0 Å². The number of aromatic nitrogens is 4. The van der Waals surface area contributed by atoms with Crippen LogP contribution in [0, 0.1) is 27.7 Å². The van der Waals surface area contributed by atoms with Crippen LogP contribution in [0.4, 0.5) is 11.6 Å². The molecule has 0 saturated heterocycles. The number of nitrogen functional groups attached to an aromatic ring is 2. The van der Waals surface area contributed by atoms with E-state index >= 15 is 0 Å². The van der Waals surface area contributed by atoms with Gasteiger partial charge in [-0.2, -0.15) is 0 Å². The molecule has 4 heterocycles. The minimum absolute atomic E-state index is 0. The number of hydrogen-bond acceptors (Lipinski definition) is 4. The van der Waals surface area contributed by atoms with Gasteiger partial charge in [-0.05, 0) is 76.2 Å². The fourth-order valence-corrected chi connectivity index (χ4v) is 4.18. The number of rotatable bonds is 2. The molecule has 4 aromatic heterocycles. The fraction of sp³-hybridized carbons (Fsp3) is 0.217. The van der Waals surface area contributed by atoms with Crippen LogP contribution >= 0.6 is 31.9 Å². The standard InChI is InChI=1S/C17H18BrN3.C5H6BrN3.CH4/c1-11-5-6-12(2)20(11)16-9-15(18)10-17(19-16)21-13(3)7-8-14(21)4;6-3-1-4(7)9-5(8)2-3;/h5-10H,1-4H3;1-2H,(H4,7,8,9);1H4. The Kier molecular flexibility index (Phi) is 8.08. The third-order valence-corrected chi connectivity index (χ3v) is 5.51. The molecular formula is C23H28Br2N6. The van der Waals surface area contributed by atoms with Crippen molar-refractivity contribution in [2.45, 2.75) is 35.1 Å². The van der Waals surface area contributed by atoms with Gasteiger partial charge in [0.2, 0.25) is 0 Å². The number of halogens is 2. The van der Waals surface area contributed by atoms with Crippen molar-refractivity contribution in [2.24, 2.45) is 0 Å². The molecule has 0 aromatic carbocycles. The van der Waals surface area contributed by atoms with Gasteiger partial charge < -0.3 is 20.6 Å². The molecule has 8 heteroatoms. The van der Waals surface area contributed by atoms with Crippen LogP contribution in [0.25, 0.3) is 11.6 Å². The second-order valence-corrected chi connectivity index (χ2v) is 8.87. The van der Waals surface area contributed by atoms with Gasteiger partial charge in [0.1, 0.15) is 23.3 Å². The molecule has 0 amide bonds. The van der Waals surface area contributed by atoms with Gasteiger partial charge >= 0.3 is 0 Å². The smallest absolute Gasteiger partial charge is 0.140 e. The number of nitrogens with zero attached hydrogens (tertiary/aromatic N) is 4. The van der Waals surface area contributed by atoms with Gasteiger partial charge in [-0.1, -0.05) is 39.3 Å². The Bertz CT molecular complexity index is 1040. The summed E-state index contributed by atoms with van der Waals surface area (Å²) in [4.78, 5) is 8.62. The third-order valence-electron chi connectivity index (χ3n) is 4.59. The van der Waals surface area contributed by atoms with Gasteiger partial charge in [-0.15, -0.1) is 0 Å². The second-order valence-electron chi connectivity index (χ2n) is 7.04. The van der Waals surface area contributed by atoms with Crippen molar-refractivity contribution in [3.63, 3.8) is 0 Å². The quantitative estimate of drug-likeness (QED) is 0.308. The molecule has 6 nitrogen and oxygen atoms in total. The molecule has 0 atom stereocenters. The lowest BCUT2D eigenvalue weighted by Gasteiger charge is -2.14. The summed E-state index contributed by atoms with van der Waals surface area (Å²) >= 11 is 6.83. The molecule has 0 fully saturated rings. The lowest BCUT2D eigenvalue weighted by molar-refractivity contribution is 0.871. The van der Waals surface area contributed by atoms with Crippen molar-refractivity contribution in [1.82, 2.24) is 19.1 Å². The van der Waals surface area contributed by atoms with Crippen molar-refractivity contribution < 1.29 is 0 Å². The lowest BCUT2D eigenvalue weighted by Crippen LogP contribution is -2.07. The molecule has 0 aliphatic heterocycles. The van der Waals surface area contributed by atoms with E-state index in [1.807, 2.05) is 0 Å². The molecule has 0 bridgehead atoms. The summed E-state index contributed by atoms with van der Waals surface area (Å²) in [5.74, 6) is 2.74. The maximum atomic E-state index is 5.34. The fourth-order valence-electron chi connectivity index (χ4n) is 3.30. The number of nitrogens with two attached hydrogens (primary N) is 2.